The van der Waals surface area contributed by atoms with Gasteiger partial charge in [-0.1, -0.05) is 30.3 Å². The summed E-state index contributed by atoms with van der Waals surface area (Å²) in [5, 5.41) is 12.4. The maximum absolute atomic E-state index is 13.5. The largest absolute Gasteiger partial charge is 0.507 e. The van der Waals surface area contributed by atoms with E-state index in [4.69, 9.17) is 4.74 Å². The molecule has 6 nitrogen and oxygen atoms in total. The maximum Gasteiger partial charge on any atom is 0.295 e. The monoisotopic (exact) mass is 496 g/mol. The summed E-state index contributed by atoms with van der Waals surface area (Å²) in [6.45, 7) is 0.738. The molecule has 3 aromatic carbocycles. The molecule has 4 aromatic rings. The molecule has 1 amide bonds. The van der Waals surface area contributed by atoms with Crippen LogP contribution >= 0.6 is 0 Å². The van der Waals surface area contributed by atoms with E-state index < -0.39 is 17.7 Å². The van der Waals surface area contributed by atoms with Gasteiger partial charge in [-0.25, -0.2) is 4.39 Å². The number of nitrogens with zero attached hydrogens (tertiary/aromatic N) is 2. The zero-order valence-electron chi connectivity index (χ0n) is 20.3. The van der Waals surface area contributed by atoms with Crippen LogP contribution in [0.1, 0.15) is 34.7 Å². The Morgan fingerprint density at radius 2 is 1.86 bits per heavy atom. The average molecular weight is 497 g/mol. The number of benzene rings is 3. The van der Waals surface area contributed by atoms with Gasteiger partial charge in [0, 0.05) is 41.8 Å². The van der Waals surface area contributed by atoms with Crippen molar-refractivity contribution in [2.45, 2.75) is 25.4 Å². The Morgan fingerprint density at radius 1 is 1.08 bits per heavy atom. The number of hydrogen-bond acceptors (Lipinski definition) is 4. The number of aromatic nitrogens is 1. The lowest BCUT2D eigenvalue weighted by atomic mass is 9.93. The normalized spacial score (nSPS) is 18.8. The summed E-state index contributed by atoms with van der Waals surface area (Å²) in [5.41, 5.74) is 3.82. The lowest BCUT2D eigenvalue weighted by molar-refractivity contribution is -0.140. The number of hydrogen-bond donors (Lipinski definition) is 1. The molecule has 1 N–H and O–H groups in total. The van der Waals surface area contributed by atoms with Crippen molar-refractivity contribution in [3.63, 3.8) is 0 Å². The average Bonchev–Trinajstić information content (AvgIpc) is 3.38. The third-order valence-electron chi connectivity index (χ3n) is 7.21. The number of rotatable bonds is 4. The molecule has 0 bridgehead atoms. The Bertz CT molecular complexity index is 1590. The fourth-order valence-electron chi connectivity index (χ4n) is 5.41. The minimum atomic E-state index is -0.816. The van der Waals surface area contributed by atoms with Gasteiger partial charge in [-0.3, -0.25) is 9.59 Å². The molecule has 7 heteroatoms. The third-order valence-corrected chi connectivity index (χ3v) is 7.21. The lowest BCUT2D eigenvalue weighted by Crippen LogP contribution is -2.29. The fourth-order valence-corrected chi connectivity index (χ4v) is 5.41. The lowest BCUT2D eigenvalue weighted by Gasteiger charge is -2.25. The zero-order chi connectivity index (χ0) is 25.7. The van der Waals surface area contributed by atoms with Crippen molar-refractivity contribution in [2.24, 2.45) is 7.05 Å². The number of aryl methyl sites for hydroxylation is 2. The highest BCUT2D eigenvalue weighted by Crippen LogP contribution is 2.43. The maximum atomic E-state index is 13.5. The van der Waals surface area contributed by atoms with Crippen molar-refractivity contribution in [1.29, 1.82) is 0 Å². The van der Waals surface area contributed by atoms with Gasteiger partial charge in [0.1, 0.15) is 17.3 Å². The summed E-state index contributed by atoms with van der Waals surface area (Å²) in [7, 11) is 1.90. The summed E-state index contributed by atoms with van der Waals surface area (Å²) in [4.78, 5) is 28.4. The SMILES string of the molecule is Cn1cc(C2/C(=C(\O)c3ccc4c(c3)CCCO4)C(=O)C(=O)N2Cc2ccc(F)cc2)c2ccccc21. The number of ether oxygens (including phenoxy) is 1. The van der Waals surface area contributed by atoms with Crippen molar-refractivity contribution >= 4 is 28.4 Å². The van der Waals surface area contributed by atoms with E-state index in [0.29, 0.717) is 17.7 Å². The topological polar surface area (TPSA) is 71.8 Å². The van der Waals surface area contributed by atoms with Crippen molar-refractivity contribution < 1.29 is 23.8 Å². The van der Waals surface area contributed by atoms with Crippen molar-refractivity contribution in [1.82, 2.24) is 9.47 Å². The minimum Gasteiger partial charge on any atom is -0.507 e. The zero-order valence-corrected chi connectivity index (χ0v) is 20.3. The molecule has 2 aliphatic heterocycles. The summed E-state index contributed by atoms with van der Waals surface area (Å²) < 4.78 is 21.2. The highest BCUT2D eigenvalue weighted by Gasteiger charge is 2.47. The molecule has 0 saturated carbocycles. The van der Waals surface area contributed by atoms with Crippen molar-refractivity contribution in [3.8, 4) is 5.75 Å². The van der Waals surface area contributed by atoms with Gasteiger partial charge in [-0.15, -0.1) is 0 Å². The first-order valence-corrected chi connectivity index (χ1v) is 12.3. The van der Waals surface area contributed by atoms with E-state index in [1.807, 2.05) is 48.1 Å². The van der Waals surface area contributed by atoms with Crippen LogP contribution in [0.4, 0.5) is 4.39 Å². The van der Waals surface area contributed by atoms with Gasteiger partial charge < -0.3 is 19.3 Å². The van der Waals surface area contributed by atoms with Crippen LogP contribution in [-0.2, 0) is 29.6 Å². The highest BCUT2D eigenvalue weighted by molar-refractivity contribution is 6.46. The number of fused-ring (bicyclic) bond motifs is 2. The molecule has 37 heavy (non-hydrogen) atoms. The highest BCUT2D eigenvalue weighted by atomic mass is 19.1. The summed E-state index contributed by atoms with van der Waals surface area (Å²) in [6.07, 6.45) is 3.57. The first-order valence-electron chi connectivity index (χ1n) is 12.3. The molecule has 6 rings (SSSR count). The number of Topliss-reactive ketones (excluding diaryl/α,β-unsaturated/α-hetero) is 1. The standard InChI is InChI=1S/C30H25FN2O4/c1-32-17-23(22-6-2-3-7-24(22)32)27-26(28(34)20-10-13-25-19(15-20)5-4-14-37-25)29(35)30(36)33(27)16-18-8-11-21(31)12-9-18/h2-3,6-13,15,17,27,34H,4-5,14,16H2,1H3/b28-26+. The quantitative estimate of drug-likeness (QED) is 0.238. The Balaban J connectivity index is 1.53. The number of halogens is 1. The van der Waals surface area contributed by atoms with Crippen molar-refractivity contribution in [3.05, 3.63) is 107 Å². The van der Waals surface area contributed by atoms with Gasteiger partial charge in [-0.2, -0.15) is 0 Å². The van der Waals surface area contributed by atoms with Gasteiger partial charge in [0.25, 0.3) is 11.7 Å². The molecular formula is C30H25FN2O4. The number of carbonyl (C=O) groups excluding carboxylic acids is 2. The van der Waals surface area contributed by atoms with Crippen LogP contribution in [0, 0.1) is 5.82 Å². The Kier molecular flexibility index (Phi) is 5.56. The number of aliphatic hydroxyl groups is 1. The molecule has 1 saturated heterocycles. The van der Waals surface area contributed by atoms with Crippen LogP contribution < -0.4 is 4.74 Å². The van der Waals surface area contributed by atoms with E-state index in [1.54, 1.807) is 24.3 Å². The Morgan fingerprint density at radius 3 is 2.68 bits per heavy atom. The number of para-hydroxylation sites is 1. The third kappa shape index (κ3) is 3.87. The van der Waals surface area contributed by atoms with E-state index in [1.165, 1.54) is 17.0 Å². The first kappa shape index (κ1) is 23.0. The summed E-state index contributed by atoms with van der Waals surface area (Å²) in [6, 6.07) is 18.1. The number of likely N-dealkylation sites (tertiary alicyclic amines) is 1. The van der Waals surface area contributed by atoms with Gasteiger partial charge in [-0.05, 0) is 60.4 Å². The number of carbonyl (C=O) groups is 2. The van der Waals surface area contributed by atoms with E-state index in [0.717, 1.165) is 40.6 Å². The van der Waals surface area contributed by atoms with E-state index in [2.05, 4.69) is 0 Å². The second-order valence-electron chi connectivity index (χ2n) is 9.54. The van der Waals surface area contributed by atoms with Gasteiger partial charge in [0.05, 0.1) is 18.2 Å². The molecule has 1 unspecified atom stereocenters. The van der Waals surface area contributed by atoms with E-state index in [9.17, 15) is 19.1 Å². The summed E-state index contributed by atoms with van der Waals surface area (Å²) in [5.74, 6) is -1.28. The fraction of sp³-hybridized carbons (Fsp3) is 0.200. The van der Waals surface area contributed by atoms with Crippen LogP contribution in [0.2, 0.25) is 0 Å². The number of aliphatic hydroxyl groups excluding tert-OH is 1. The predicted octanol–water partition coefficient (Wildman–Crippen LogP) is 5.26. The Hall–Kier alpha value is -4.39. The van der Waals surface area contributed by atoms with Crippen LogP contribution in [0.25, 0.3) is 16.7 Å². The number of amides is 1. The molecule has 186 valence electrons. The van der Waals surface area contributed by atoms with Gasteiger partial charge in [0.2, 0.25) is 0 Å². The molecular weight excluding hydrogens is 471 g/mol. The number of ketones is 1. The predicted molar refractivity (Wildman–Crippen MR) is 137 cm³/mol. The Labute approximate surface area is 213 Å². The molecule has 1 fully saturated rings. The van der Waals surface area contributed by atoms with E-state index >= 15 is 0 Å². The molecule has 3 heterocycles. The van der Waals surface area contributed by atoms with Crippen LogP contribution in [-0.4, -0.2) is 32.9 Å². The van der Waals surface area contributed by atoms with Gasteiger partial charge in [0.15, 0.2) is 0 Å². The van der Waals surface area contributed by atoms with Gasteiger partial charge >= 0.3 is 0 Å². The van der Waals surface area contributed by atoms with Crippen molar-refractivity contribution in [2.75, 3.05) is 6.61 Å². The first-order chi connectivity index (χ1) is 17.9. The molecule has 0 aliphatic carbocycles. The van der Waals surface area contributed by atoms with Crippen LogP contribution in [0.3, 0.4) is 0 Å². The second-order valence-corrected chi connectivity index (χ2v) is 9.54. The minimum absolute atomic E-state index is 0.0418. The van der Waals surface area contributed by atoms with Crippen LogP contribution in [0.5, 0.6) is 5.75 Å². The molecule has 1 atom stereocenters. The van der Waals surface area contributed by atoms with Crippen LogP contribution in [0.15, 0.2) is 78.5 Å². The molecule has 0 spiro atoms. The molecule has 2 aliphatic rings. The smallest absolute Gasteiger partial charge is 0.295 e. The summed E-state index contributed by atoms with van der Waals surface area (Å²) >= 11 is 0. The molecule has 1 aromatic heterocycles. The molecule has 0 radical (unpaired) electrons. The second kappa shape index (κ2) is 8.92. The van der Waals surface area contributed by atoms with E-state index in [-0.39, 0.29) is 23.7 Å².